The Morgan fingerprint density at radius 1 is 1.23 bits per heavy atom. The number of rotatable bonds is 5. The van der Waals surface area contributed by atoms with Crippen molar-refractivity contribution in [1.82, 2.24) is 0 Å². The molecule has 0 bridgehead atoms. The minimum atomic E-state index is -1.10. The summed E-state index contributed by atoms with van der Waals surface area (Å²) in [4.78, 5) is 14.8. The second-order valence-electron chi connectivity index (χ2n) is 4.59. The highest BCUT2D eigenvalue weighted by Crippen LogP contribution is 2.34. The average Bonchev–Trinajstić information content (AvgIpc) is 2.45. The molecule has 0 unspecified atom stereocenters. The van der Waals surface area contributed by atoms with E-state index < -0.39 is 12.6 Å². The number of halogens is 2. The van der Waals surface area contributed by atoms with E-state index in [4.69, 9.17) is 33.0 Å². The van der Waals surface area contributed by atoms with Crippen molar-refractivity contribution in [3.05, 3.63) is 57.6 Å². The van der Waals surface area contributed by atoms with Crippen LogP contribution in [-0.4, -0.2) is 23.9 Å². The van der Waals surface area contributed by atoms with Crippen LogP contribution in [-0.2, 0) is 4.79 Å². The Bertz CT molecular complexity index is 689. The van der Waals surface area contributed by atoms with Gasteiger partial charge in [0.15, 0.2) is 12.4 Å². The zero-order chi connectivity index (χ0) is 16.1. The number of nitrogens with zero attached hydrogens (tertiary/aromatic N) is 1. The first-order valence-electron chi connectivity index (χ1n) is 6.40. The third-order valence-electron chi connectivity index (χ3n) is 2.76. The van der Waals surface area contributed by atoms with Crippen molar-refractivity contribution in [2.24, 2.45) is 4.99 Å². The van der Waals surface area contributed by atoms with Gasteiger partial charge in [0, 0.05) is 6.21 Å². The van der Waals surface area contributed by atoms with Crippen LogP contribution in [0, 0.1) is 6.92 Å². The number of hydrogen-bond donors (Lipinski definition) is 1. The minimum absolute atomic E-state index is 0.151. The van der Waals surface area contributed by atoms with Gasteiger partial charge >= 0.3 is 5.97 Å². The molecule has 22 heavy (non-hydrogen) atoms. The van der Waals surface area contributed by atoms with E-state index in [1.165, 1.54) is 0 Å². The number of ether oxygens (including phenoxy) is 1. The predicted molar refractivity (Wildman–Crippen MR) is 88.0 cm³/mol. The van der Waals surface area contributed by atoms with Crippen LogP contribution in [0.5, 0.6) is 5.75 Å². The molecule has 0 saturated heterocycles. The summed E-state index contributed by atoms with van der Waals surface area (Å²) in [6.07, 6.45) is 1.63. The second kappa shape index (κ2) is 7.29. The summed E-state index contributed by atoms with van der Waals surface area (Å²) >= 11 is 12.1. The van der Waals surface area contributed by atoms with Gasteiger partial charge < -0.3 is 9.84 Å². The Morgan fingerprint density at radius 2 is 1.82 bits per heavy atom. The first-order valence-corrected chi connectivity index (χ1v) is 7.15. The van der Waals surface area contributed by atoms with Crippen LogP contribution in [0.15, 0.2) is 41.4 Å². The van der Waals surface area contributed by atoms with Crippen LogP contribution >= 0.6 is 23.2 Å². The molecule has 0 amide bonds. The molecule has 0 aliphatic heterocycles. The highest BCUT2D eigenvalue weighted by molar-refractivity contribution is 6.37. The van der Waals surface area contributed by atoms with Gasteiger partial charge in [-0.2, -0.15) is 0 Å². The summed E-state index contributed by atoms with van der Waals surface area (Å²) < 4.78 is 5.05. The average molecular weight is 338 g/mol. The summed E-state index contributed by atoms with van der Waals surface area (Å²) in [7, 11) is 0. The van der Waals surface area contributed by atoms with Crippen LogP contribution in [0.2, 0.25) is 10.0 Å². The van der Waals surface area contributed by atoms with Crippen molar-refractivity contribution >= 4 is 41.1 Å². The van der Waals surface area contributed by atoms with E-state index in [1.54, 1.807) is 18.3 Å². The molecule has 4 nitrogen and oxygen atoms in total. The van der Waals surface area contributed by atoms with Crippen molar-refractivity contribution in [3.63, 3.8) is 0 Å². The van der Waals surface area contributed by atoms with Gasteiger partial charge in [0.2, 0.25) is 0 Å². The molecule has 0 fully saturated rings. The standard InChI is InChI=1S/C16H13Cl2NO3/c1-10-2-4-12(5-3-10)19-8-11-6-13(17)16(14(18)7-11)22-9-15(20)21/h2-8H,9H2,1H3,(H,20,21). The summed E-state index contributed by atoms with van der Waals surface area (Å²) in [6.45, 7) is 1.50. The zero-order valence-electron chi connectivity index (χ0n) is 11.7. The Kier molecular flexibility index (Phi) is 5.41. The lowest BCUT2D eigenvalue weighted by atomic mass is 10.2. The minimum Gasteiger partial charge on any atom is -0.479 e. The molecule has 2 aromatic rings. The number of carbonyl (C=O) groups is 1. The Morgan fingerprint density at radius 3 is 2.36 bits per heavy atom. The van der Waals surface area contributed by atoms with Crippen LogP contribution in [0.4, 0.5) is 5.69 Å². The summed E-state index contributed by atoms with van der Waals surface area (Å²) in [5.74, 6) is -0.949. The molecule has 6 heteroatoms. The summed E-state index contributed by atoms with van der Waals surface area (Å²) in [6, 6.07) is 11.0. The van der Waals surface area contributed by atoms with Gasteiger partial charge in [0.1, 0.15) is 0 Å². The van der Waals surface area contributed by atoms with E-state index in [-0.39, 0.29) is 15.8 Å². The second-order valence-corrected chi connectivity index (χ2v) is 5.40. The maximum Gasteiger partial charge on any atom is 0.341 e. The molecule has 0 aromatic heterocycles. The third kappa shape index (κ3) is 4.48. The maximum absolute atomic E-state index is 10.5. The van der Waals surface area contributed by atoms with E-state index in [9.17, 15) is 4.79 Å². The molecule has 1 N–H and O–H groups in total. The molecule has 114 valence electrons. The lowest BCUT2D eigenvalue weighted by Crippen LogP contribution is -2.10. The Hall–Kier alpha value is -2.04. The monoisotopic (exact) mass is 337 g/mol. The van der Waals surface area contributed by atoms with Gasteiger partial charge in [0.05, 0.1) is 15.7 Å². The van der Waals surface area contributed by atoms with E-state index in [1.807, 2.05) is 31.2 Å². The van der Waals surface area contributed by atoms with Crippen molar-refractivity contribution in [2.45, 2.75) is 6.92 Å². The SMILES string of the molecule is Cc1ccc(N=Cc2cc(Cl)c(OCC(=O)O)c(Cl)c2)cc1. The van der Waals surface area contributed by atoms with Gasteiger partial charge in [-0.05, 0) is 36.8 Å². The molecule has 0 aliphatic rings. The molecule has 2 rings (SSSR count). The summed E-state index contributed by atoms with van der Waals surface area (Å²) in [5.41, 5.74) is 2.66. The van der Waals surface area contributed by atoms with E-state index >= 15 is 0 Å². The summed E-state index contributed by atoms with van der Waals surface area (Å²) in [5, 5.41) is 9.08. The smallest absolute Gasteiger partial charge is 0.341 e. The first kappa shape index (κ1) is 16.3. The third-order valence-corrected chi connectivity index (χ3v) is 3.32. The van der Waals surface area contributed by atoms with Crippen LogP contribution in [0.3, 0.4) is 0 Å². The van der Waals surface area contributed by atoms with Crippen molar-refractivity contribution in [3.8, 4) is 5.75 Å². The van der Waals surface area contributed by atoms with Crippen molar-refractivity contribution < 1.29 is 14.6 Å². The van der Waals surface area contributed by atoms with E-state index in [0.717, 1.165) is 11.3 Å². The number of hydrogen-bond acceptors (Lipinski definition) is 3. The fraction of sp³-hybridized carbons (Fsp3) is 0.125. The van der Waals surface area contributed by atoms with Crippen LogP contribution < -0.4 is 4.74 Å². The fourth-order valence-electron chi connectivity index (χ4n) is 1.71. The molecule has 0 heterocycles. The van der Waals surface area contributed by atoms with Gasteiger partial charge in [-0.25, -0.2) is 4.79 Å². The number of aryl methyl sites for hydroxylation is 1. The number of carboxylic acids is 1. The lowest BCUT2D eigenvalue weighted by molar-refractivity contribution is -0.139. The predicted octanol–water partition coefficient (Wildman–Crippen LogP) is 4.52. The van der Waals surface area contributed by atoms with Gasteiger partial charge in [-0.15, -0.1) is 0 Å². The van der Waals surface area contributed by atoms with Crippen molar-refractivity contribution in [1.29, 1.82) is 0 Å². The van der Waals surface area contributed by atoms with Gasteiger partial charge in [-0.1, -0.05) is 40.9 Å². The Labute approximate surface area is 138 Å². The zero-order valence-corrected chi connectivity index (χ0v) is 13.2. The number of carboxylic acid groups (broad SMARTS) is 1. The van der Waals surface area contributed by atoms with Crippen LogP contribution in [0.25, 0.3) is 0 Å². The normalized spacial score (nSPS) is 10.9. The first-order chi connectivity index (χ1) is 10.5. The molecule has 0 spiro atoms. The maximum atomic E-state index is 10.5. The largest absolute Gasteiger partial charge is 0.479 e. The topological polar surface area (TPSA) is 58.9 Å². The van der Waals surface area contributed by atoms with Gasteiger partial charge in [0.25, 0.3) is 0 Å². The lowest BCUT2D eigenvalue weighted by Gasteiger charge is -2.08. The number of benzene rings is 2. The fourth-order valence-corrected chi connectivity index (χ4v) is 2.32. The van der Waals surface area contributed by atoms with E-state index in [0.29, 0.717) is 5.56 Å². The Balaban J connectivity index is 2.19. The molecule has 2 aromatic carbocycles. The molecule has 0 radical (unpaired) electrons. The van der Waals surface area contributed by atoms with Crippen LogP contribution in [0.1, 0.15) is 11.1 Å². The highest BCUT2D eigenvalue weighted by Gasteiger charge is 2.10. The van der Waals surface area contributed by atoms with E-state index in [2.05, 4.69) is 4.99 Å². The molecular formula is C16H13Cl2NO3. The van der Waals surface area contributed by atoms with Gasteiger partial charge in [-0.3, -0.25) is 4.99 Å². The quantitative estimate of drug-likeness (QED) is 0.816. The highest BCUT2D eigenvalue weighted by atomic mass is 35.5. The number of aliphatic imine (C=N–C) groups is 1. The molecule has 0 atom stereocenters. The molecule has 0 aliphatic carbocycles. The molecular weight excluding hydrogens is 325 g/mol. The molecule has 0 saturated carbocycles. The van der Waals surface area contributed by atoms with Crippen molar-refractivity contribution in [2.75, 3.05) is 6.61 Å². The number of aliphatic carboxylic acids is 1.